The Hall–Kier alpha value is -2.06. The zero-order chi connectivity index (χ0) is 17.0. The van der Waals surface area contributed by atoms with E-state index in [1.165, 1.54) is 0 Å². The van der Waals surface area contributed by atoms with Gasteiger partial charge in [-0.3, -0.25) is 4.79 Å². The van der Waals surface area contributed by atoms with Crippen LogP contribution in [0, 0.1) is 18.3 Å². The van der Waals surface area contributed by atoms with Gasteiger partial charge in [-0.05, 0) is 37.0 Å². The highest BCUT2D eigenvalue weighted by Crippen LogP contribution is 2.28. The molecule has 1 saturated heterocycles. The Morgan fingerprint density at radius 2 is 2.17 bits per heavy atom. The number of nitriles is 1. The molecule has 2 rings (SSSR count). The van der Waals surface area contributed by atoms with Crippen molar-refractivity contribution in [2.75, 3.05) is 19.8 Å². The third kappa shape index (κ3) is 4.02. The van der Waals surface area contributed by atoms with Gasteiger partial charge in [-0.2, -0.15) is 5.26 Å². The van der Waals surface area contributed by atoms with E-state index < -0.39 is 12.1 Å². The molecule has 23 heavy (non-hydrogen) atoms. The number of rotatable bonds is 4. The molecule has 0 radical (unpaired) electrons. The molecule has 1 aromatic carbocycles. The predicted molar refractivity (Wildman–Crippen MR) is 87.3 cm³/mol. The molecule has 0 aromatic heterocycles. The smallest absolute Gasteiger partial charge is 0.264 e. The van der Waals surface area contributed by atoms with Crippen LogP contribution in [0.2, 0.25) is 0 Å². The molecule has 1 aliphatic heterocycles. The molecule has 124 valence electrons. The standard InChI is InChI=1S/C18H24N2O3/c1-12(2)16-6-5-13(3)9-17(16)23-14(4)18(21)20-7-8-22-11-15(20)10-19/h5-6,9,12,14-15H,7-8,11H2,1-4H3. The quantitative estimate of drug-likeness (QED) is 0.856. The second-order valence-corrected chi connectivity index (χ2v) is 6.21. The largest absolute Gasteiger partial charge is 0.481 e. The molecule has 2 unspecified atom stereocenters. The highest BCUT2D eigenvalue weighted by Gasteiger charge is 2.31. The highest BCUT2D eigenvalue weighted by atomic mass is 16.5. The van der Waals surface area contributed by atoms with Crippen molar-refractivity contribution in [2.45, 2.75) is 45.8 Å². The van der Waals surface area contributed by atoms with E-state index in [1.807, 2.05) is 25.1 Å². The summed E-state index contributed by atoms with van der Waals surface area (Å²) in [7, 11) is 0. The molecule has 0 N–H and O–H groups in total. The van der Waals surface area contributed by atoms with Crippen LogP contribution in [0.25, 0.3) is 0 Å². The molecule has 0 aliphatic carbocycles. The van der Waals surface area contributed by atoms with Crippen LogP contribution < -0.4 is 4.74 Å². The number of carbonyl (C=O) groups is 1. The average Bonchev–Trinajstić information content (AvgIpc) is 2.53. The van der Waals surface area contributed by atoms with Gasteiger partial charge in [-0.25, -0.2) is 0 Å². The SMILES string of the molecule is Cc1ccc(C(C)C)c(OC(C)C(=O)N2CCOCC2C#N)c1. The highest BCUT2D eigenvalue weighted by molar-refractivity contribution is 5.81. The van der Waals surface area contributed by atoms with E-state index in [4.69, 9.17) is 9.47 Å². The van der Waals surface area contributed by atoms with E-state index in [0.29, 0.717) is 19.1 Å². The molecule has 1 fully saturated rings. The fourth-order valence-electron chi connectivity index (χ4n) is 2.67. The zero-order valence-corrected chi connectivity index (χ0v) is 14.2. The number of hydrogen-bond donors (Lipinski definition) is 0. The summed E-state index contributed by atoms with van der Waals surface area (Å²) >= 11 is 0. The fourth-order valence-corrected chi connectivity index (χ4v) is 2.67. The Morgan fingerprint density at radius 1 is 1.43 bits per heavy atom. The summed E-state index contributed by atoms with van der Waals surface area (Å²) < 4.78 is 11.2. The van der Waals surface area contributed by atoms with Crippen molar-refractivity contribution in [3.8, 4) is 11.8 Å². The minimum Gasteiger partial charge on any atom is -0.481 e. The lowest BCUT2D eigenvalue weighted by molar-refractivity contribution is -0.144. The van der Waals surface area contributed by atoms with Crippen LogP contribution in [-0.4, -0.2) is 42.7 Å². The van der Waals surface area contributed by atoms with Gasteiger partial charge >= 0.3 is 0 Å². The van der Waals surface area contributed by atoms with Crippen LogP contribution in [0.4, 0.5) is 0 Å². The second-order valence-electron chi connectivity index (χ2n) is 6.21. The van der Waals surface area contributed by atoms with Gasteiger partial charge in [0.05, 0.1) is 19.3 Å². The van der Waals surface area contributed by atoms with Crippen molar-refractivity contribution in [3.63, 3.8) is 0 Å². The summed E-state index contributed by atoms with van der Waals surface area (Å²) in [6, 6.07) is 7.62. The van der Waals surface area contributed by atoms with E-state index in [9.17, 15) is 10.1 Å². The van der Waals surface area contributed by atoms with Crippen molar-refractivity contribution in [3.05, 3.63) is 29.3 Å². The van der Waals surface area contributed by atoms with Gasteiger partial charge in [-0.15, -0.1) is 0 Å². The van der Waals surface area contributed by atoms with E-state index in [-0.39, 0.29) is 12.5 Å². The molecule has 1 heterocycles. The Kier molecular flexibility index (Phi) is 5.62. The van der Waals surface area contributed by atoms with Gasteiger partial charge in [-0.1, -0.05) is 26.0 Å². The molecular weight excluding hydrogens is 292 g/mol. The van der Waals surface area contributed by atoms with E-state index in [2.05, 4.69) is 19.9 Å². The van der Waals surface area contributed by atoms with Gasteiger partial charge < -0.3 is 14.4 Å². The van der Waals surface area contributed by atoms with Crippen molar-refractivity contribution in [2.24, 2.45) is 0 Å². The lowest BCUT2D eigenvalue weighted by Gasteiger charge is -2.33. The first-order valence-electron chi connectivity index (χ1n) is 7.99. The number of amides is 1. The Balaban J connectivity index is 2.15. The molecule has 1 aliphatic rings. The summed E-state index contributed by atoms with van der Waals surface area (Å²) in [4.78, 5) is 14.2. The van der Waals surface area contributed by atoms with Crippen molar-refractivity contribution < 1.29 is 14.3 Å². The van der Waals surface area contributed by atoms with Gasteiger partial charge in [0.15, 0.2) is 6.10 Å². The van der Waals surface area contributed by atoms with Crippen LogP contribution >= 0.6 is 0 Å². The molecule has 0 spiro atoms. The van der Waals surface area contributed by atoms with Crippen molar-refractivity contribution in [1.29, 1.82) is 5.26 Å². The van der Waals surface area contributed by atoms with Gasteiger partial charge in [0, 0.05) is 6.54 Å². The molecule has 5 nitrogen and oxygen atoms in total. The van der Waals surface area contributed by atoms with Gasteiger partial charge in [0.1, 0.15) is 11.8 Å². The summed E-state index contributed by atoms with van der Waals surface area (Å²) in [5.74, 6) is 0.877. The monoisotopic (exact) mass is 316 g/mol. The number of ether oxygens (including phenoxy) is 2. The number of benzene rings is 1. The molecular formula is C18H24N2O3. The third-order valence-corrected chi connectivity index (χ3v) is 4.00. The van der Waals surface area contributed by atoms with Gasteiger partial charge in [0.25, 0.3) is 5.91 Å². The van der Waals surface area contributed by atoms with Crippen LogP contribution in [0.5, 0.6) is 5.75 Å². The Bertz CT molecular complexity index is 607. The van der Waals surface area contributed by atoms with Crippen molar-refractivity contribution in [1.82, 2.24) is 4.90 Å². The molecule has 5 heteroatoms. The first-order chi connectivity index (χ1) is 10.9. The van der Waals surface area contributed by atoms with E-state index >= 15 is 0 Å². The topological polar surface area (TPSA) is 62.6 Å². The van der Waals surface area contributed by atoms with Crippen LogP contribution in [-0.2, 0) is 9.53 Å². The number of morpholine rings is 1. The Labute approximate surface area is 137 Å². The number of carbonyl (C=O) groups excluding carboxylic acids is 1. The van der Waals surface area contributed by atoms with Gasteiger partial charge in [0.2, 0.25) is 0 Å². The zero-order valence-electron chi connectivity index (χ0n) is 14.2. The minimum absolute atomic E-state index is 0.170. The molecule has 2 atom stereocenters. The first kappa shape index (κ1) is 17.3. The second kappa shape index (κ2) is 7.47. The molecule has 1 aromatic rings. The normalized spacial score (nSPS) is 19.3. The van der Waals surface area contributed by atoms with Crippen LogP contribution in [0.1, 0.15) is 37.8 Å². The first-order valence-corrected chi connectivity index (χ1v) is 7.99. The lowest BCUT2D eigenvalue weighted by Crippen LogP contribution is -2.52. The third-order valence-electron chi connectivity index (χ3n) is 4.00. The Morgan fingerprint density at radius 3 is 2.83 bits per heavy atom. The summed E-state index contributed by atoms with van der Waals surface area (Å²) in [6.07, 6.45) is -0.636. The maximum Gasteiger partial charge on any atom is 0.264 e. The summed E-state index contributed by atoms with van der Waals surface area (Å²) in [6.45, 7) is 9.07. The molecule has 1 amide bonds. The summed E-state index contributed by atoms with van der Waals surface area (Å²) in [5, 5.41) is 9.17. The summed E-state index contributed by atoms with van der Waals surface area (Å²) in [5.41, 5.74) is 2.17. The predicted octanol–water partition coefficient (Wildman–Crippen LogP) is 2.64. The van der Waals surface area contributed by atoms with Crippen LogP contribution in [0.15, 0.2) is 18.2 Å². The number of nitrogens with zero attached hydrogens (tertiary/aromatic N) is 2. The number of hydrogen-bond acceptors (Lipinski definition) is 4. The maximum atomic E-state index is 12.6. The number of aryl methyl sites for hydroxylation is 1. The fraction of sp³-hybridized carbons (Fsp3) is 0.556. The van der Waals surface area contributed by atoms with Crippen molar-refractivity contribution >= 4 is 5.91 Å². The lowest BCUT2D eigenvalue weighted by atomic mass is 10.0. The molecule has 0 saturated carbocycles. The molecule has 0 bridgehead atoms. The minimum atomic E-state index is -0.636. The maximum absolute atomic E-state index is 12.6. The average molecular weight is 316 g/mol. The van der Waals surface area contributed by atoms with E-state index in [0.717, 1.165) is 16.9 Å². The van der Waals surface area contributed by atoms with E-state index in [1.54, 1.807) is 11.8 Å². The van der Waals surface area contributed by atoms with Crippen LogP contribution in [0.3, 0.4) is 0 Å².